The molecule has 0 atom stereocenters. The molecule has 19 heavy (non-hydrogen) atoms. The summed E-state index contributed by atoms with van der Waals surface area (Å²) in [7, 11) is 1.05. The van der Waals surface area contributed by atoms with Gasteiger partial charge in [0.2, 0.25) is 0 Å². The van der Waals surface area contributed by atoms with Gasteiger partial charge in [0.25, 0.3) is 0 Å². The number of carbonyl (C=O) groups is 1. The van der Waals surface area contributed by atoms with Crippen molar-refractivity contribution < 1.29 is 14.6 Å². The average molecular weight is 263 g/mol. The van der Waals surface area contributed by atoms with Gasteiger partial charge >= 0.3 is 13.0 Å². The zero-order chi connectivity index (χ0) is 13.9. The molecular formula is C14H22BNO3. The number of carbonyl (C=O) groups excluding carboxylic acids is 1. The Balaban J connectivity index is 1.97. The van der Waals surface area contributed by atoms with Gasteiger partial charge < -0.3 is 14.6 Å². The molecule has 1 aliphatic carbocycles. The Hall–Kier alpha value is -1.07. The lowest BCUT2D eigenvalue weighted by Gasteiger charge is -2.42. The minimum Gasteiger partial charge on any atom is -0.466 e. The summed E-state index contributed by atoms with van der Waals surface area (Å²) in [6.07, 6.45) is 10.1. The second-order valence-electron chi connectivity index (χ2n) is 5.61. The van der Waals surface area contributed by atoms with Crippen LogP contribution < -0.4 is 0 Å². The molecule has 1 fully saturated rings. The highest BCUT2D eigenvalue weighted by molar-refractivity contribution is 6.45. The first-order valence-corrected chi connectivity index (χ1v) is 6.94. The van der Waals surface area contributed by atoms with Crippen molar-refractivity contribution >= 4 is 13.0 Å². The molecule has 0 amide bonds. The summed E-state index contributed by atoms with van der Waals surface area (Å²) in [6.45, 7) is 3.71. The van der Waals surface area contributed by atoms with Crippen molar-refractivity contribution in [3.8, 4) is 0 Å². The molecule has 0 aromatic carbocycles. The van der Waals surface area contributed by atoms with Crippen LogP contribution in [0.1, 0.15) is 25.7 Å². The van der Waals surface area contributed by atoms with E-state index in [4.69, 9.17) is 0 Å². The lowest BCUT2D eigenvalue weighted by Crippen LogP contribution is -2.46. The molecule has 4 nitrogen and oxygen atoms in total. The van der Waals surface area contributed by atoms with Crippen LogP contribution in [0.2, 0.25) is 6.82 Å². The molecule has 0 aromatic heterocycles. The van der Waals surface area contributed by atoms with Gasteiger partial charge in [-0.25, -0.2) is 4.79 Å². The molecule has 1 saturated heterocycles. The van der Waals surface area contributed by atoms with Crippen molar-refractivity contribution in [1.29, 1.82) is 0 Å². The van der Waals surface area contributed by atoms with E-state index in [-0.39, 0.29) is 18.4 Å². The SMILES string of the molecule is COC(=O)/C=C1/C=CC2(CC1)CCN(B(C)O)CC2. The van der Waals surface area contributed by atoms with Crippen LogP contribution in [0.25, 0.3) is 0 Å². The predicted molar refractivity (Wildman–Crippen MR) is 75.5 cm³/mol. The fourth-order valence-electron chi connectivity index (χ4n) is 2.93. The Labute approximate surface area is 115 Å². The Morgan fingerprint density at radius 1 is 1.47 bits per heavy atom. The molecule has 5 heteroatoms. The summed E-state index contributed by atoms with van der Waals surface area (Å²) in [5.74, 6) is -0.278. The molecule has 104 valence electrons. The number of nitrogens with zero attached hydrogens (tertiary/aromatic N) is 1. The van der Waals surface area contributed by atoms with Crippen molar-refractivity contribution in [2.24, 2.45) is 5.41 Å². The van der Waals surface area contributed by atoms with E-state index in [0.717, 1.165) is 44.3 Å². The van der Waals surface area contributed by atoms with Crippen LogP contribution in [-0.2, 0) is 9.53 Å². The fraction of sp³-hybridized carbons (Fsp3) is 0.643. The van der Waals surface area contributed by atoms with Gasteiger partial charge in [-0.2, -0.15) is 0 Å². The quantitative estimate of drug-likeness (QED) is 0.467. The van der Waals surface area contributed by atoms with E-state index < -0.39 is 0 Å². The van der Waals surface area contributed by atoms with Crippen molar-refractivity contribution in [3.63, 3.8) is 0 Å². The largest absolute Gasteiger partial charge is 0.466 e. The number of ether oxygens (including phenoxy) is 1. The number of rotatable bonds is 2. The maximum absolute atomic E-state index is 11.2. The third kappa shape index (κ3) is 3.48. The van der Waals surface area contributed by atoms with E-state index >= 15 is 0 Å². The van der Waals surface area contributed by atoms with Crippen LogP contribution in [0.3, 0.4) is 0 Å². The number of hydrogen-bond donors (Lipinski definition) is 1. The summed E-state index contributed by atoms with van der Waals surface area (Å²) in [5, 5.41) is 9.58. The Kier molecular flexibility index (Phi) is 4.48. The molecule has 0 radical (unpaired) electrons. The van der Waals surface area contributed by atoms with Crippen LogP contribution in [0.5, 0.6) is 0 Å². The van der Waals surface area contributed by atoms with Gasteiger partial charge in [-0.05, 0) is 56.6 Å². The van der Waals surface area contributed by atoms with Gasteiger partial charge in [-0.15, -0.1) is 0 Å². The van der Waals surface area contributed by atoms with E-state index in [0.29, 0.717) is 0 Å². The van der Waals surface area contributed by atoms with E-state index in [9.17, 15) is 9.82 Å². The van der Waals surface area contributed by atoms with Crippen molar-refractivity contribution in [2.45, 2.75) is 32.5 Å². The van der Waals surface area contributed by atoms with Crippen molar-refractivity contribution in [2.75, 3.05) is 20.2 Å². The van der Waals surface area contributed by atoms with Crippen LogP contribution in [-0.4, -0.2) is 43.1 Å². The number of esters is 1. The molecule has 1 heterocycles. The molecule has 0 bridgehead atoms. The lowest BCUT2D eigenvalue weighted by molar-refractivity contribution is -0.134. The average Bonchev–Trinajstić information content (AvgIpc) is 2.42. The van der Waals surface area contributed by atoms with E-state index in [1.165, 1.54) is 7.11 Å². The highest BCUT2D eigenvalue weighted by atomic mass is 16.5. The maximum Gasteiger partial charge on any atom is 0.376 e. The summed E-state index contributed by atoms with van der Waals surface area (Å²) in [5.41, 5.74) is 1.31. The third-order valence-corrected chi connectivity index (χ3v) is 4.39. The minimum absolute atomic E-state index is 0.263. The van der Waals surface area contributed by atoms with Crippen molar-refractivity contribution in [3.05, 3.63) is 23.8 Å². The Bertz CT molecular complexity index is 395. The summed E-state index contributed by atoms with van der Waals surface area (Å²) in [4.78, 5) is 13.3. The van der Waals surface area contributed by atoms with Gasteiger partial charge in [-0.1, -0.05) is 12.2 Å². The van der Waals surface area contributed by atoms with Crippen LogP contribution in [0.4, 0.5) is 0 Å². The molecule has 1 N–H and O–H groups in total. The molecule has 2 rings (SSSR count). The highest BCUT2D eigenvalue weighted by Crippen LogP contribution is 2.41. The molecule has 0 saturated carbocycles. The van der Waals surface area contributed by atoms with Gasteiger partial charge in [0.15, 0.2) is 0 Å². The number of piperidine rings is 1. The zero-order valence-electron chi connectivity index (χ0n) is 11.8. The van der Waals surface area contributed by atoms with Gasteiger partial charge in [0.05, 0.1) is 7.11 Å². The van der Waals surface area contributed by atoms with Gasteiger partial charge in [0, 0.05) is 6.08 Å². The predicted octanol–water partition coefficient (Wildman–Crippen LogP) is 1.63. The number of methoxy groups -OCH3 is 1. The molecule has 0 aromatic rings. The summed E-state index contributed by atoms with van der Waals surface area (Å²) < 4.78 is 4.65. The standard InChI is InChI=1S/C14H22BNO3/c1-15(18)16-9-7-14(8-10-16)5-3-12(4-6-14)11-13(17)19-2/h3,5,11,18H,4,6-10H2,1-2H3/b12-11-. The minimum atomic E-state index is -0.347. The Morgan fingerprint density at radius 3 is 2.63 bits per heavy atom. The second-order valence-corrected chi connectivity index (χ2v) is 5.61. The molecule has 1 aliphatic heterocycles. The van der Waals surface area contributed by atoms with E-state index in [2.05, 4.69) is 21.7 Å². The van der Waals surface area contributed by atoms with Crippen LogP contribution >= 0.6 is 0 Å². The lowest BCUT2D eigenvalue weighted by atomic mass is 9.68. The van der Waals surface area contributed by atoms with Gasteiger partial charge in [-0.3, -0.25) is 0 Å². The zero-order valence-corrected chi connectivity index (χ0v) is 11.8. The highest BCUT2D eigenvalue weighted by Gasteiger charge is 2.35. The first-order chi connectivity index (χ1) is 9.04. The molecular weight excluding hydrogens is 241 g/mol. The van der Waals surface area contributed by atoms with E-state index in [1.807, 2.05) is 6.82 Å². The van der Waals surface area contributed by atoms with Crippen LogP contribution in [0.15, 0.2) is 23.8 Å². The molecule has 0 unspecified atom stereocenters. The van der Waals surface area contributed by atoms with Gasteiger partial charge in [0.1, 0.15) is 0 Å². The van der Waals surface area contributed by atoms with E-state index in [1.54, 1.807) is 6.08 Å². The van der Waals surface area contributed by atoms with Crippen molar-refractivity contribution in [1.82, 2.24) is 4.81 Å². The summed E-state index contributed by atoms with van der Waals surface area (Å²) >= 11 is 0. The smallest absolute Gasteiger partial charge is 0.376 e. The first kappa shape index (κ1) is 14.3. The normalized spacial score (nSPS) is 24.7. The number of allylic oxidation sites excluding steroid dienone is 3. The monoisotopic (exact) mass is 263 g/mol. The summed E-state index contributed by atoms with van der Waals surface area (Å²) in [6, 6.07) is 0. The fourth-order valence-corrected chi connectivity index (χ4v) is 2.93. The third-order valence-electron chi connectivity index (χ3n) is 4.39. The number of hydrogen-bond acceptors (Lipinski definition) is 4. The molecule has 1 spiro atoms. The van der Waals surface area contributed by atoms with Crippen LogP contribution in [0, 0.1) is 5.41 Å². The topological polar surface area (TPSA) is 49.8 Å². The second kappa shape index (κ2) is 5.93. The molecule has 2 aliphatic rings. The Morgan fingerprint density at radius 2 is 2.16 bits per heavy atom. The first-order valence-electron chi connectivity index (χ1n) is 6.94. The maximum atomic E-state index is 11.2.